The number of benzene rings is 2. The molecule has 31 heavy (non-hydrogen) atoms. The molecule has 0 aromatic heterocycles. The molecule has 1 saturated heterocycles. The molecule has 4 atom stereocenters. The van der Waals surface area contributed by atoms with Gasteiger partial charge in [-0.05, 0) is 67.7 Å². The lowest BCUT2D eigenvalue weighted by molar-refractivity contribution is -0.138. The maximum atomic E-state index is 13.1. The van der Waals surface area contributed by atoms with E-state index in [2.05, 4.69) is 29.2 Å². The highest BCUT2D eigenvalue weighted by Gasteiger charge is 2.66. The fraction of sp³-hybridized carbons (Fsp3) is 0.519. The van der Waals surface area contributed by atoms with Crippen LogP contribution in [0.15, 0.2) is 42.5 Å². The molecule has 7 rings (SSSR count). The second kappa shape index (κ2) is 6.59. The molecular formula is C27H29NO3. The SMILES string of the molecule is O=C1CC[C@@H]2[C@@H]3Cc4ccc(OCc5ccccc5)c5c4[C@]2(CCN3CC2CC2)[C@@H]1O5. The van der Waals surface area contributed by atoms with Gasteiger partial charge in [-0.2, -0.15) is 0 Å². The summed E-state index contributed by atoms with van der Waals surface area (Å²) >= 11 is 0. The molecule has 2 aromatic carbocycles. The third-order valence-electron chi connectivity index (χ3n) is 8.63. The Labute approximate surface area is 183 Å². The minimum atomic E-state index is -0.313. The number of ether oxygens (including phenoxy) is 2. The quantitative estimate of drug-likeness (QED) is 0.731. The summed E-state index contributed by atoms with van der Waals surface area (Å²) in [5, 5.41) is 0. The number of carbonyl (C=O) groups is 1. The van der Waals surface area contributed by atoms with Crippen LogP contribution in [0.25, 0.3) is 0 Å². The van der Waals surface area contributed by atoms with Crippen molar-refractivity contribution in [1.29, 1.82) is 0 Å². The molecule has 0 amide bonds. The number of carbonyl (C=O) groups excluding carboxylic acids is 1. The minimum Gasteiger partial charge on any atom is -0.485 e. The molecule has 2 aliphatic heterocycles. The second-order valence-corrected chi connectivity index (χ2v) is 10.3. The Morgan fingerprint density at radius 2 is 1.97 bits per heavy atom. The molecule has 4 nitrogen and oxygen atoms in total. The molecule has 0 radical (unpaired) electrons. The standard InChI is InChI=1S/C27H29NO3/c29-22-10-9-20-21-14-19-8-11-23(30-16-18-4-2-1-3-5-18)25-24(19)27(20,26(22)31-25)12-13-28(21)15-17-6-7-17/h1-5,8,11,17,20-21,26H,6-7,9-10,12-16H2/t20-,21+,26-,27-/m1/s1. The molecule has 160 valence electrons. The van der Waals surface area contributed by atoms with Gasteiger partial charge < -0.3 is 9.47 Å². The first kappa shape index (κ1) is 18.3. The zero-order valence-electron chi connectivity index (χ0n) is 17.9. The molecule has 2 aromatic rings. The van der Waals surface area contributed by atoms with Crippen molar-refractivity contribution in [2.24, 2.45) is 11.8 Å². The van der Waals surface area contributed by atoms with Crippen molar-refractivity contribution in [3.63, 3.8) is 0 Å². The minimum absolute atomic E-state index is 0.130. The van der Waals surface area contributed by atoms with Gasteiger partial charge in [0.1, 0.15) is 6.61 Å². The van der Waals surface area contributed by atoms with Gasteiger partial charge in [-0.15, -0.1) is 0 Å². The van der Waals surface area contributed by atoms with Gasteiger partial charge in [0, 0.05) is 30.0 Å². The van der Waals surface area contributed by atoms with Crippen LogP contribution in [-0.2, 0) is 23.2 Å². The molecule has 3 aliphatic carbocycles. The summed E-state index contributed by atoms with van der Waals surface area (Å²) in [4.78, 5) is 15.9. The van der Waals surface area contributed by atoms with Crippen LogP contribution >= 0.6 is 0 Å². The topological polar surface area (TPSA) is 38.8 Å². The Hall–Kier alpha value is -2.33. The predicted molar refractivity (Wildman–Crippen MR) is 117 cm³/mol. The lowest BCUT2D eigenvalue weighted by atomic mass is 9.51. The van der Waals surface area contributed by atoms with Crippen molar-refractivity contribution in [3.05, 3.63) is 59.2 Å². The maximum absolute atomic E-state index is 13.1. The number of nitrogens with zero attached hydrogens (tertiary/aromatic N) is 1. The van der Waals surface area contributed by atoms with E-state index in [0.29, 0.717) is 30.8 Å². The van der Waals surface area contributed by atoms with Gasteiger partial charge in [0.05, 0.1) is 0 Å². The Bertz CT molecular complexity index is 1050. The van der Waals surface area contributed by atoms with Gasteiger partial charge in [0.2, 0.25) is 0 Å². The summed E-state index contributed by atoms with van der Waals surface area (Å²) in [6, 6.07) is 15.1. The van der Waals surface area contributed by atoms with Gasteiger partial charge in [-0.1, -0.05) is 36.4 Å². The van der Waals surface area contributed by atoms with Crippen LogP contribution in [0.4, 0.5) is 0 Å². The van der Waals surface area contributed by atoms with E-state index in [4.69, 9.17) is 9.47 Å². The van der Waals surface area contributed by atoms with E-state index in [1.54, 1.807) is 0 Å². The highest BCUT2D eigenvalue weighted by molar-refractivity contribution is 5.89. The van der Waals surface area contributed by atoms with Crippen LogP contribution < -0.4 is 9.47 Å². The van der Waals surface area contributed by atoms with E-state index in [9.17, 15) is 4.79 Å². The number of likely N-dealkylation sites (tertiary alicyclic amines) is 1. The summed E-state index contributed by atoms with van der Waals surface area (Å²) in [5.41, 5.74) is 3.72. The molecular weight excluding hydrogens is 386 g/mol. The molecule has 2 saturated carbocycles. The third-order valence-corrected chi connectivity index (χ3v) is 8.63. The van der Waals surface area contributed by atoms with Gasteiger partial charge in [-0.3, -0.25) is 9.69 Å². The van der Waals surface area contributed by atoms with Crippen molar-refractivity contribution >= 4 is 5.78 Å². The molecule has 0 unspecified atom stereocenters. The van der Waals surface area contributed by atoms with Crippen LogP contribution in [0.1, 0.15) is 48.8 Å². The van der Waals surface area contributed by atoms with E-state index in [0.717, 1.165) is 48.8 Å². The maximum Gasteiger partial charge on any atom is 0.174 e. The molecule has 4 heteroatoms. The van der Waals surface area contributed by atoms with Crippen LogP contribution in [0.5, 0.6) is 11.5 Å². The predicted octanol–water partition coefficient (Wildman–Crippen LogP) is 4.28. The second-order valence-electron chi connectivity index (χ2n) is 10.3. The van der Waals surface area contributed by atoms with Gasteiger partial charge in [0.15, 0.2) is 23.4 Å². The first-order valence-corrected chi connectivity index (χ1v) is 12.0. The van der Waals surface area contributed by atoms with E-state index in [-0.39, 0.29) is 11.5 Å². The fourth-order valence-electron chi connectivity index (χ4n) is 7.11. The average Bonchev–Trinajstić information content (AvgIpc) is 3.54. The van der Waals surface area contributed by atoms with Crippen LogP contribution in [0.3, 0.4) is 0 Å². The van der Waals surface area contributed by atoms with E-state index >= 15 is 0 Å². The normalized spacial score (nSPS) is 33.0. The smallest absolute Gasteiger partial charge is 0.174 e. The fourth-order valence-corrected chi connectivity index (χ4v) is 7.11. The summed E-state index contributed by atoms with van der Waals surface area (Å²) in [6.07, 6.45) is 6.28. The zero-order chi connectivity index (χ0) is 20.6. The van der Waals surface area contributed by atoms with Crippen molar-refractivity contribution in [2.75, 3.05) is 13.1 Å². The summed E-state index contributed by atoms with van der Waals surface area (Å²) in [5.74, 6) is 3.40. The van der Waals surface area contributed by atoms with Gasteiger partial charge in [-0.25, -0.2) is 0 Å². The van der Waals surface area contributed by atoms with Crippen molar-refractivity contribution in [3.8, 4) is 11.5 Å². The van der Waals surface area contributed by atoms with Crippen LogP contribution in [0.2, 0.25) is 0 Å². The van der Waals surface area contributed by atoms with Crippen LogP contribution in [-0.4, -0.2) is 35.9 Å². The lowest BCUT2D eigenvalue weighted by Gasteiger charge is -2.57. The summed E-state index contributed by atoms with van der Waals surface area (Å²) < 4.78 is 12.8. The van der Waals surface area contributed by atoms with E-state index < -0.39 is 0 Å². The first-order chi connectivity index (χ1) is 15.2. The van der Waals surface area contributed by atoms with E-state index in [1.807, 2.05) is 18.2 Å². The van der Waals surface area contributed by atoms with E-state index in [1.165, 1.54) is 30.5 Å². The molecule has 2 heterocycles. The largest absolute Gasteiger partial charge is 0.485 e. The Morgan fingerprint density at radius 3 is 2.81 bits per heavy atom. The molecule has 1 spiro atoms. The summed E-state index contributed by atoms with van der Waals surface area (Å²) in [7, 11) is 0. The molecule has 3 fully saturated rings. The average molecular weight is 416 g/mol. The van der Waals surface area contributed by atoms with Crippen LogP contribution in [0, 0.1) is 11.8 Å². The molecule has 2 bridgehead atoms. The number of piperidine rings is 1. The number of ketones is 1. The first-order valence-electron chi connectivity index (χ1n) is 12.0. The lowest BCUT2D eigenvalue weighted by Crippen LogP contribution is -2.66. The highest BCUT2D eigenvalue weighted by atomic mass is 16.5. The number of hydrogen-bond acceptors (Lipinski definition) is 4. The Balaban J connectivity index is 1.29. The number of Topliss-reactive ketones (excluding diaryl/α,β-unsaturated/α-hetero) is 1. The van der Waals surface area contributed by atoms with Gasteiger partial charge in [0.25, 0.3) is 0 Å². The third kappa shape index (κ3) is 2.60. The number of rotatable bonds is 5. The zero-order valence-corrected chi connectivity index (χ0v) is 17.9. The molecule has 0 N–H and O–H groups in total. The van der Waals surface area contributed by atoms with Crippen molar-refractivity contribution in [2.45, 2.75) is 62.7 Å². The van der Waals surface area contributed by atoms with Crippen molar-refractivity contribution in [1.82, 2.24) is 4.90 Å². The Morgan fingerprint density at radius 1 is 1.10 bits per heavy atom. The highest BCUT2D eigenvalue weighted by Crippen LogP contribution is 2.63. The van der Waals surface area contributed by atoms with Crippen molar-refractivity contribution < 1.29 is 14.3 Å². The number of hydrogen-bond donors (Lipinski definition) is 0. The molecule has 5 aliphatic rings. The monoisotopic (exact) mass is 415 g/mol. The van der Waals surface area contributed by atoms with Gasteiger partial charge >= 0.3 is 0 Å². The Kier molecular flexibility index (Phi) is 3.88. The summed E-state index contributed by atoms with van der Waals surface area (Å²) in [6.45, 7) is 2.86.